The Labute approximate surface area is 176 Å². The van der Waals surface area contributed by atoms with E-state index in [2.05, 4.69) is 4.90 Å². The van der Waals surface area contributed by atoms with Gasteiger partial charge >= 0.3 is 11.9 Å². The first kappa shape index (κ1) is 23.2. The molecule has 0 bridgehead atoms. The summed E-state index contributed by atoms with van der Waals surface area (Å²) in [6.45, 7) is 6.14. The fourth-order valence-electron chi connectivity index (χ4n) is 3.12. The van der Waals surface area contributed by atoms with Crippen LogP contribution in [-0.4, -0.2) is 46.5 Å². The van der Waals surface area contributed by atoms with Crippen LogP contribution >= 0.6 is 0 Å². The van der Waals surface area contributed by atoms with E-state index in [4.69, 9.17) is 9.84 Å². The zero-order chi connectivity index (χ0) is 22.5. The average Bonchev–Trinajstić information content (AvgIpc) is 2.66. The molecule has 0 aliphatic carbocycles. The monoisotopic (exact) mass is 415 g/mol. The third kappa shape index (κ3) is 6.49. The normalized spacial score (nSPS) is 12.3. The van der Waals surface area contributed by atoms with Gasteiger partial charge in [0.15, 0.2) is 0 Å². The van der Waals surface area contributed by atoms with Gasteiger partial charge in [0.25, 0.3) is 0 Å². The Morgan fingerprint density at radius 3 is 2.33 bits per heavy atom. The topological polar surface area (TPSA) is 107 Å². The third-order valence-corrected chi connectivity index (χ3v) is 4.83. The van der Waals surface area contributed by atoms with Gasteiger partial charge in [-0.1, -0.05) is 12.1 Å². The highest BCUT2D eigenvalue weighted by Gasteiger charge is 2.19. The largest absolute Gasteiger partial charge is 0.486 e. The number of anilines is 1. The zero-order valence-electron chi connectivity index (χ0n) is 17.8. The summed E-state index contributed by atoms with van der Waals surface area (Å²) in [5.74, 6) is -1.96. The molecular weight excluding hydrogens is 386 g/mol. The number of nitrogens with zero attached hydrogens (tertiary/aromatic N) is 1. The number of carboxylic acids is 2. The molecule has 2 aromatic carbocycles. The Bertz CT molecular complexity index is 903. The van der Waals surface area contributed by atoms with E-state index >= 15 is 0 Å². The first-order chi connectivity index (χ1) is 14.0. The number of carbonyl (C=O) groups is 2. The molecule has 0 aliphatic heterocycles. The van der Waals surface area contributed by atoms with E-state index in [1.54, 1.807) is 26.8 Å². The minimum atomic E-state index is -1.30. The van der Waals surface area contributed by atoms with Crippen LogP contribution in [0.15, 0.2) is 42.5 Å². The predicted octanol–water partition coefficient (Wildman–Crippen LogP) is 4.21. The van der Waals surface area contributed by atoms with Crippen LogP contribution in [0.3, 0.4) is 0 Å². The van der Waals surface area contributed by atoms with Gasteiger partial charge in [0.05, 0.1) is 16.7 Å². The fraction of sp³-hybridized carbons (Fsp3) is 0.391. The Hall–Kier alpha value is -3.06. The van der Waals surface area contributed by atoms with E-state index in [1.165, 1.54) is 12.1 Å². The summed E-state index contributed by atoms with van der Waals surface area (Å²) >= 11 is 0. The van der Waals surface area contributed by atoms with Crippen molar-refractivity contribution >= 4 is 17.6 Å². The first-order valence-electron chi connectivity index (χ1n) is 9.78. The number of hydrogen-bond acceptors (Lipinski definition) is 5. The Kier molecular flexibility index (Phi) is 7.45. The van der Waals surface area contributed by atoms with Crippen molar-refractivity contribution in [3.8, 4) is 5.75 Å². The van der Waals surface area contributed by atoms with Gasteiger partial charge in [-0.3, -0.25) is 0 Å². The number of ether oxygens (including phenoxy) is 1. The second-order valence-corrected chi connectivity index (χ2v) is 8.01. The number of aromatic carboxylic acids is 2. The van der Waals surface area contributed by atoms with Crippen molar-refractivity contribution < 1.29 is 29.6 Å². The van der Waals surface area contributed by atoms with Crippen LogP contribution < -0.4 is 9.64 Å². The van der Waals surface area contributed by atoms with E-state index in [1.807, 2.05) is 31.3 Å². The Balaban J connectivity index is 2.11. The van der Waals surface area contributed by atoms with Gasteiger partial charge in [0.1, 0.15) is 11.9 Å². The van der Waals surface area contributed by atoms with Crippen LogP contribution in [0.2, 0.25) is 0 Å². The summed E-state index contributed by atoms with van der Waals surface area (Å²) in [4.78, 5) is 24.7. The molecule has 0 fully saturated rings. The third-order valence-electron chi connectivity index (χ3n) is 4.83. The number of rotatable bonds is 10. The molecule has 2 aromatic rings. The lowest BCUT2D eigenvalue weighted by molar-refractivity contribution is 0.0651. The maximum absolute atomic E-state index is 11.4. The highest BCUT2D eigenvalue weighted by Crippen LogP contribution is 2.27. The van der Waals surface area contributed by atoms with Crippen molar-refractivity contribution in [3.63, 3.8) is 0 Å². The van der Waals surface area contributed by atoms with Crippen LogP contribution in [0.5, 0.6) is 5.75 Å². The summed E-state index contributed by atoms with van der Waals surface area (Å²) in [6, 6.07) is 11.7. The second kappa shape index (κ2) is 9.63. The van der Waals surface area contributed by atoms with Crippen LogP contribution in [-0.2, 0) is 0 Å². The molecule has 0 aromatic heterocycles. The van der Waals surface area contributed by atoms with Crippen molar-refractivity contribution in [2.24, 2.45) is 0 Å². The first-order valence-corrected chi connectivity index (χ1v) is 9.78. The van der Waals surface area contributed by atoms with Gasteiger partial charge in [-0.05, 0) is 63.4 Å². The van der Waals surface area contributed by atoms with Crippen LogP contribution in [0.4, 0.5) is 5.69 Å². The lowest BCUT2D eigenvalue weighted by atomic mass is 10.0. The number of hydrogen-bond donors (Lipinski definition) is 3. The summed E-state index contributed by atoms with van der Waals surface area (Å²) in [5.41, 5.74) is 0.319. The SMILES string of the molecule is CC(Oc1cccc(N(C)CCCC(C)(C)O)c1)c1ccc(C(=O)O)c(C(=O)O)c1. The molecule has 2 rings (SSSR count). The van der Waals surface area contributed by atoms with Gasteiger partial charge in [-0.15, -0.1) is 0 Å². The minimum Gasteiger partial charge on any atom is -0.486 e. The highest BCUT2D eigenvalue weighted by molar-refractivity contribution is 6.01. The van der Waals surface area contributed by atoms with Crippen LogP contribution in [0.1, 0.15) is 66.0 Å². The highest BCUT2D eigenvalue weighted by atomic mass is 16.5. The summed E-state index contributed by atoms with van der Waals surface area (Å²) in [7, 11) is 1.97. The Morgan fingerprint density at radius 1 is 1.07 bits per heavy atom. The van der Waals surface area contributed by atoms with Crippen LogP contribution in [0, 0.1) is 0 Å². The second-order valence-electron chi connectivity index (χ2n) is 8.01. The summed E-state index contributed by atoms with van der Waals surface area (Å²) in [5, 5.41) is 28.3. The molecule has 30 heavy (non-hydrogen) atoms. The Morgan fingerprint density at radius 2 is 1.73 bits per heavy atom. The molecular formula is C23H29NO6. The average molecular weight is 415 g/mol. The van der Waals surface area contributed by atoms with Gasteiger partial charge in [0, 0.05) is 25.3 Å². The van der Waals surface area contributed by atoms with Crippen LogP contribution in [0.25, 0.3) is 0 Å². The van der Waals surface area contributed by atoms with Crippen molar-refractivity contribution in [1.82, 2.24) is 0 Å². The predicted molar refractivity (Wildman–Crippen MR) is 115 cm³/mol. The number of benzene rings is 2. The molecule has 0 heterocycles. The smallest absolute Gasteiger partial charge is 0.336 e. The standard InChI is InChI=1S/C23H29NO6/c1-15(16-9-10-19(21(25)26)20(13-16)22(27)28)30-18-8-5-7-17(14-18)24(4)12-6-11-23(2,3)29/h5,7-10,13-15,29H,6,11-12H2,1-4H3,(H,25,26)(H,27,28). The summed E-state index contributed by atoms with van der Waals surface area (Å²) < 4.78 is 5.98. The molecule has 0 spiro atoms. The molecule has 162 valence electrons. The van der Waals surface area contributed by atoms with Crippen molar-refractivity contribution in [2.75, 3.05) is 18.5 Å². The molecule has 0 saturated heterocycles. The van der Waals surface area contributed by atoms with E-state index < -0.39 is 23.6 Å². The number of aliphatic hydroxyl groups is 1. The van der Waals surface area contributed by atoms with E-state index in [0.717, 1.165) is 18.7 Å². The fourth-order valence-corrected chi connectivity index (χ4v) is 3.12. The maximum Gasteiger partial charge on any atom is 0.336 e. The molecule has 0 aliphatic rings. The van der Waals surface area contributed by atoms with Gasteiger partial charge in [-0.2, -0.15) is 0 Å². The van der Waals surface area contributed by atoms with Crippen molar-refractivity contribution in [1.29, 1.82) is 0 Å². The molecule has 0 amide bonds. The maximum atomic E-state index is 11.4. The number of carboxylic acid groups (broad SMARTS) is 2. The van der Waals surface area contributed by atoms with Crippen molar-refractivity contribution in [3.05, 3.63) is 59.2 Å². The lowest BCUT2D eigenvalue weighted by Crippen LogP contribution is -2.23. The van der Waals surface area contributed by atoms with Gasteiger partial charge < -0.3 is 25.0 Å². The molecule has 3 N–H and O–H groups in total. The minimum absolute atomic E-state index is 0.256. The molecule has 0 radical (unpaired) electrons. The molecule has 1 atom stereocenters. The molecule has 1 unspecified atom stereocenters. The van der Waals surface area contributed by atoms with Crippen molar-refractivity contribution in [2.45, 2.75) is 45.3 Å². The lowest BCUT2D eigenvalue weighted by Gasteiger charge is -2.23. The van der Waals surface area contributed by atoms with Gasteiger partial charge in [0.2, 0.25) is 0 Å². The molecule has 7 nitrogen and oxygen atoms in total. The molecule has 0 saturated carbocycles. The van der Waals surface area contributed by atoms with E-state index in [-0.39, 0.29) is 11.1 Å². The summed E-state index contributed by atoms with van der Waals surface area (Å²) in [6.07, 6.45) is 1.07. The zero-order valence-corrected chi connectivity index (χ0v) is 17.8. The van der Waals surface area contributed by atoms with E-state index in [9.17, 15) is 19.8 Å². The molecule has 7 heteroatoms. The van der Waals surface area contributed by atoms with Gasteiger partial charge in [-0.25, -0.2) is 9.59 Å². The quantitative estimate of drug-likeness (QED) is 0.533. The van der Waals surface area contributed by atoms with E-state index in [0.29, 0.717) is 17.7 Å².